The molecular formula is C74H87F6N2NaO13. The number of carbonyl (C=O) groups excluding carboxylic acids is 3. The standard InChI is InChI=1S/C36H38F3NO6.C35H36F3NO6.3CH4.Na.H2O/c1-33-12-11-25(42)14-29(33)30(38)15-28-27-13-23-18-40(46-36(23,32(44)19-41)34(27,2)16-31(43)35(28,33)39)17-21-5-9-26(10-6-21)45-20-22-3-7-24(37)8-4-22;1-32-12-11-24(40)14-28(32)29(37)15-27-26-13-22-18-39(45-35(22,31(42)43)33(26,2)16-30(41)34(27,32)38)17-20-5-9-25(10-6-20)44-19-21-3-7-23(36)8-4-21;;;;;/h3-12,14,23,27-28,30-31,41,43H,13,15-20H2,1-2H3;3-12,14,22,26-27,29-30,41H,13,15-19H2,1-2H3,(H,42,43);3*1H4;;1H2/q;;;;;+1;/p-1/t23-,27-,28-,30-,31-,33-,34-,35-,36-;22-,26-,27-,29-,30-,32-,33-,34-,35-;;;;;/m00...../s1. The summed E-state index contributed by atoms with van der Waals surface area (Å²) in [6.07, 6.45) is 1.15. The van der Waals surface area contributed by atoms with Gasteiger partial charge in [0.15, 0.2) is 39.9 Å². The van der Waals surface area contributed by atoms with Gasteiger partial charge in [-0.05, 0) is 170 Å². The first kappa shape index (κ1) is 75.9. The number of ketones is 3. The summed E-state index contributed by atoms with van der Waals surface area (Å²) in [4.78, 5) is 64.0. The summed E-state index contributed by atoms with van der Waals surface area (Å²) < 4.78 is 105. The second-order valence-electron chi connectivity index (χ2n) is 27.9. The predicted molar refractivity (Wildman–Crippen MR) is 340 cm³/mol. The van der Waals surface area contributed by atoms with Gasteiger partial charge in [-0.1, -0.05) is 96.8 Å². The maximum Gasteiger partial charge on any atom is 1.00 e. The number of aliphatic hydroxyl groups is 3. The first-order valence-corrected chi connectivity index (χ1v) is 31.3. The van der Waals surface area contributed by atoms with E-state index >= 15 is 17.6 Å². The van der Waals surface area contributed by atoms with Crippen LogP contribution in [-0.2, 0) is 55.2 Å². The summed E-state index contributed by atoms with van der Waals surface area (Å²) in [5.74, 6) is -5.82. The number of carboxylic acid groups (broad SMARTS) is 1. The fourth-order valence-electron chi connectivity index (χ4n) is 19.1. The maximum atomic E-state index is 17.6. The van der Waals surface area contributed by atoms with Gasteiger partial charge in [-0.3, -0.25) is 24.1 Å². The number of ether oxygens (including phenoxy) is 2. The quantitative estimate of drug-likeness (QED) is 0.0724. The summed E-state index contributed by atoms with van der Waals surface area (Å²) in [6, 6.07) is 26.8. The molecule has 4 aromatic rings. The molecule has 96 heavy (non-hydrogen) atoms. The van der Waals surface area contributed by atoms with Crippen molar-refractivity contribution >= 4 is 23.3 Å². The molecule has 6 saturated carbocycles. The summed E-state index contributed by atoms with van der Waals surface area (Å²) in [5.41, 5.74) is -9.60. The number of carbonyl (C=O) groups is 4. The predicted octanol–water partition coefficient (Wildman–Crippen LogP) is 9.25. The third kappa shape index (κ3) is 11.4. The van der Waals surface area contributed by atoms with Gasteiger partial charge in [0, 0.05) is 71.5 Å². The third-order valence-corrected chi connectivity index (χ3v) is 23.4. The number of alkyl halides is 4. The molecule has 5 N–H and O–H groups in total. The summed E-state index contributed by atoms with van der Waals surface area (Å²) >= 11 is 0. The Hall–Kier alpha value is -5.82. The monoisotopic (exact) mass is 1350 g/mol. The van der Waals surface area contributed by atoms with E-state index < -0.39 is 134 Å². The summed E-state index contributed by atoms with van der Waals surface area (Å²) in [6.45, 7) is 7.64. The average Bonchev–Trinajstić information content (AvgIpc) is 1.41. The second-order valence-corrected chi connectivity index (χ2v) is 27.9. The number of rotatable bonds is 13. The van der Waals surface area contributed by atoms with Crippen molar-refractivity contribution in [1.82, 2.24) is 10.1 Å². The first-order chi connectivity index (χ1) is 43.2. The Morgan fingerprint density at radius 3 is 1.29 bits per heavy atom. The minimum atomic E-state index is -2.28. The maximum absolute atomic E-state index is 17.6. The van der Waals surface area contributed by atoms with Crippen LogP contribution < -0.4 is 39.0 Å². The molecule has 15 nitrogen and oxygen atoms in total. The van der Waals surface area contributed by atoms with Gasteiger partial charge in [0.25, 0.3) is 0 Å². The van der Waals surface area contributed by atoms with E-state index in [0.717, 1.165) is 34.4 Å². The number of aliphatic carboxylic acids is 1. The van der Waals surface area contributed by atoms with Gasteiger partial charge in [0.2, 0.25) is 0 Å². The fourth-order valence-corrected chi connectivity index (χ4v) is 19.1. The topological polar surface area (TPSA) is 223 Å². The summed E-state index contributed by atoms with van der Waals surface area (Å²) in [5, 5.41) is 47.5. The van der Waals surface area contributed by atoms with E-state index in [-0.39, 0.29) is 126 Å². The number of hydrogen-bond acceptors (Lipinski definition) is 14. The molecule has 8 aliphatic carbocycles. The Morgan fingerprint density at radius 1 is 0.562 bits per heavy atom. The Morgan fingerprint density at radius 2 is 0.917 bits per heavy atom. The Balaban J connectivity index is 0.000000233. The van der Waals surface area contributed by atoms with E-state index in [9.17, 15) is 48.4 Å². The molecule has 0 bridgehead atoms. The van der Waals surface area contributed by atoms with Gasteiger partial charge >= 0.3 is 35.5 Å². The van der Waals surface area contributed by atoms with Crippen LogP contribution in [0.3, 0.4) is 0 Å². The third-order valence-electron chi connectivity index (χ3n) is 23.4. The van der Waals surface area contributed by atoms with Crippen molar-refractivity contribution in [2.24, 2.45) is 57.2 Å². The minimum absolute atomic E-state index is 0. The van der Waals surface area contributed by atoms with Crippen LogP contribution >= 0.6 is 0 Å². The van der Waals surface area contributed by atoms with Gasteiger partial charge in [-0.2, -0.15) is 10.1 Å². The van der Waals surface area contributed by atoms with Crippen molar-refractivity contribution in [3.63, 3.8) is 0 Å². The van der Waals surface area contributed by atoms with Gasteiger partial charge in [0.05, 0.1) is 12.2 Å². The second kappa shape index (κ2) is 27.4. The molecule has 0 spiro atoms. The molecule has 0 radical (unpaired) electrons. The van der Waals surface area contributed by atoms with Crippen molar-refractivity contribution in [2.75, 3.05) is 19.7 Å². The average molecular weight is 1350 g/mol. The van der Waals surface area contributed by atoms with Crippen molar-refractivity contribution < 1.29 is 120 Å². The van der Waals surface area contributed by atoms with E-state index in [2.05, 4.69) is 0 Å². The Kier molecular flexibility index (Phi) is 21.6. The molecule has 2 saturated heterocycles. The van der Waals surface area contributed by atoms with Crippen molar-refractivity contribution in [2.45, 2.75) is 162 Å². The molecule has 514 valence electrons. The van der Waals surface area contributed by atoms with Crippen molar-refractivity contribution in [3.05, 3.63) is 179 Å². The largest absolute Gasteiger partial charge is 1.00 e. The molecule has 0 aromatic heterocycles. The van der Waals surface area contributed by atoms with Crippen LogP contribution in [0.2, 0.25) is 0 Å². The molecule has 10 aliphatic rings. The number of halogens is 6. The molecule has 18 atom stereocenters. The zero-order chi connectivity index (χ0) is 64.6. The summed E-state index contributed by atoms with van der Waals surface area (Å²) in [7, 11) is 0. The number of fused-ring (bicyclic) bond motifs is 14. The normalized spacial score (nSPS) is 37.9. The van der Waals surface area contributed by atoms with Crippen molar-refractivity contribution in [1.29, 1.82) is 0 Å². The van der Waals surface area contributed by atoms with Gasteiger partial charge in [-0.25, -0.2) is 31.1 Å². The zero-order valence-electron chi connectivity index (χ0n) is 52.3. The SMILES string of the molecule is C.C.C.C[C@]12C=CC(=O)C=C1[C@@H](F)C[C@H]1[C@@H]3C[C@H]4CN(Cc5ccc(OCc6ccc(F)cc6)cc5)O[C@@]4(C(=O)CO)[C@@]3(C)C[C@H](O)[C@@]12F.C[C@]12C=CC(=O)C=C1[C@@H](F)C[C@H]1[C@@H]3C[C@H]4CN(Cc5ccc(OCc6ccc(F)cc6)cc5)O[C@@]4(C(=O)O)[C@@]3(C)C[C@H](O)[C@@]12F.[Na+].[OH-]. The van der Waals surface area contributed by atoms with Crippen LogP contribution in [0.5, 0.6) is 11.5 Å². The molecule has 14 rings (SSSR count). The molecule has 22 heteroatoms. The van der Waals surface area contributed by atoms with Crippen LogP contribution in [0, 0.1) is 68.8 Å². The zero-order valence-corrected chi connectivity index (χ0v) is 54.3. The molecule has 8 fully saturated rings. The molecule has 2 aliphatic heterocycles. The number of aliphatic hydroxyl groups excluding tert-OH is 3. The Bertz CT molecular complexity index is 3700. The smallest absolute Gasteiger partial charge is 0.870 e. The number of nitrogens with zero attached hydrogens (tertiary/aromatic N) is 2. The Labute approximate surface area is 579 Å². The minimum Gasteiger partial charge on any atom is -0.870 e. The number of benzene rings is 4. The van der Waals surface area contributed by atoms with Crippen LogP contribution in [0.25, 0.3) is 0 Å². The van der Waals surface area contributed by atoms with E-state index in [4.69, 9.17) is 19.1 Å². The molecular weight excluding hydrogens is 1260 g/mol. The number of Topliss-reactive ketones (excluding diaryl/α,β-unsaturated/α-hetero) is 1. The van der Waals surface area contributed by atoms with Crippen LogP contribution in [-0.4, -0.2) is 126 Å². The van der Waals surface area contributed by atoms with Gasteiger partial charge in [0.1, 0.15) is 55.3 Å². The van der Waals surface area contributed by atoms with E-state index in [1.54, 1.807) is 60.4 Å². The first-order valence-electron chi connectivity index (χ1n) is 31.3. The molecule has 4 aromatic carbocycles. The fraction of sp³-hybridized carbons (Fsp3) is 0.514. The van der Waals surface area contributed by atoms with Crippen LogP contribution in [0.1, 0.15) is 111 Å². The molecule has 2 heterocycles. The molecule has 0 unspecified atom stereocenters. The van der Waals surface area contributed by atoms with Gasteiger partial charge < -0.3 is 35.4 Å². The van der Waals surface area contributed by atoms with E-state index in [1.807, 2.05) is 43.3 Å². The number of hydroxylamine groups is 4. The van der Waals surface area contributed by atoms with E-state index in [0.29, 0.717) is 44.0 Å². The van der Waals surface area contributed by atoms with E-state index in [1.165, 1.54) is 55.5 Å². The number of carboxylic acids is 1. The van der Waals surface area contributed by atoms with Gasteiger partial charge in [-0.15, -0.1) is 0 Å². The molecule has 0 amide bonds. The number of allylic oxidation sites excluding steroid dienone is 8. The van der Waals surface area contributed by atoms with Crippen LogP contribution in [0.4, 0.5) is 26.3 Å². The van der Waals surface area contributed by atoms with Crippen molar-refractivity contribution in [3.8, 4) is 11.5 Å². The van der Waals surface area contributed by atoms with Crippen LogP contribution in [0.15, 0.2) is 145 Å². The number of hydrogen-bond donors (Lipinski definition) is 4.